The van der Waals surface area contributed by atoms with Crippen LogP contribution in [-0.2, 0) is 11.8 Å². The smallest absolute Gasteiger partial charge is 0.323 e. The fourth-order valence-electron chi connectivity index (χ4n) is 4.74. The molecule has 2 unspecified atom stereocenters. The first-order chi connectivity index (χ1) is 17.4. The molecule has 0 spiro atoms. The molecule has 2 amide bonds. The van der Waals surface area contributed by atoms with E-state index in [1.54, 1.807) is 10.9 Å². The number of hydrogen-bond acceptors (Lipinski definition) is 5. The van der Waals surface area contributed by atoms with Gasteiger partial charge in [0, 0.05) is 49.7 Å². The topological polar surface area (TPSA) is 109 Å². The van der Waals surface area contributed by atoms with Gasteiger partial charge in [0.15, 0.2) is 0 Å². The van der Waals surface area contributed by atoms with Crippen molar-refractivity contribution in [1.82, 2.24) is 20.0 Å². The molecule has 1 aliphatic carbocycles. The van der Waals surface area contributed by atoms with Gasteiger partial charge in [-0.2, -0.15) is 5.10 Å². The molecule has 0 bridgehead atoms. The molecule has 2 aromatic rings. The molecule has 36 heavy (non-hydrogen) atoms. The molecule has 9 heteroatoms. The molecular formula is C27H35N5O4. The highest BCUT2D eigenvalue weighted by atomic mass is 16.5. The number of urea groups is 1. The number of carboxylic acid groups (broad SMARTS) is 1. The van der Waals surface area contributed by atoms with E-state index in [-0.39, 0.29) is 18.4 Å². The van der Waals surface area contributed by atoms with Gasteiger partial charge < -0.3 is 20.5 Å². The Morgan fingerprint density at radius 1 is 1.25 bits per heavy atom. The van der Waals surface area contributed by atoms with E-state index in [0.29, 0.717) is 24.0 Å². The lowest BCUT2D eigenvalue weighted by Crippen LogP contribution is -2.38. The quantitative estimate of drug-likeness (QED) is 0.482. The van der Waals surface area contributed by atoms with Crippen LogP contribution in [0.4, 0.5) is 10.5 Å². The summed E-state index contributed by atoms with van der Waals surface area (Å²) in [7, 11) is 1.87. The van der Waals surface area contributed by atoms with Crippen molar-refractivity contribution in [3.8, 4) is 17.0 Å². The van der Waals surface area contributed by atoms with E-state index in [1.807, 2.05) is 43.5 Å². The van der Waals surface area contributed by atoms with Crippen LogP contribution in [0.1, 0.15) is 32.6 Å². The molecule has 1 aromatic carbocycles. The molecule has 3 N–H and O–H groups in total. The largest absolute Gasteiger partial charge is 0.492 e. The second kappa shape index (κ2) is 11.9. The number of allylic oxidation sites excluding steroid dienone is 3. The molecule has 1 aromatic heterocycles. The number of likely N-dealkylation sites (tertiary alicyclic amines) is 1. The Kier molecular flexibility index (Phi) is 8.43. The minimum atomic E-state index is -0.733. The second-order valence-electron chi connectivity index (χ2n) is 9.62. The van der Waals surface area contributed by atoms with Crippen LogP contribution in [0.25, 0.3) is 11.3 Å². The van der Waals surface area contributed by atoms with Crippen molar-refractivity contribution >= 4 is 17.7 Å². The van der Waals surface area contributed by atoms with Crippen molar-refractivity contribution in [3.05, 3.63) is 54.4 Å². The summed E-state index contributed by atoms with van der Waals surface area (Å²) in [6.07, 6.45) is 10.8. The van der Waals surface area contributed by atoms with Crippen molar-refractivity contribution in [2.75, 3.05) is 31.6 Å². The van der Waals surface area contributed by atoms with Gasteiger partial charge in [0.25, 0.3) is 0 Å². The number of nitrogens with one attached hydrogen (secondary N) is 2. The molecule has 192 valence electrons. The number of amides is 2. The Bertz CT molecular complexity index is 1140. The van der Waals surface area contributed by atoms with Gasteiger partial charge in [-0.1, -0.05) is 19.1 Å². The minimum Gasteiger partial charge on any atom is -0.492 e. The predicted octanol–water partition coefficient (Wildman–Crippen LogP) is 4.25. The summed E-state index contributed by atoms with van der Waals surface area (Å²) >= 11 is 0. The van der Waals surface area contributed by atoms with Crippen LogP contribution in [-0.4, -0.2) is 58.0 Å². The number of anilines is 1. The number of ether oxygens (including phenoxy) is 1. The third-order valence-corrected chi connectivity index (χ3v) is 6.64. The van der Waals surface area contributed by atoms with Gasteiger partial charge in [-0.3, -0.25) is 14.4 Å². The van der Waals surface area contributed by atoms with E-state index < -0.39 is 5.97 Å². The number of rotatable bonds is 9. The minimum absolute atomic E-state index is 0.195. The summed E-state index contributed by atoms with van der Waals surface area (Å²) in [4.78, 5) is 25.9. The summed E-state index contributed by atoms with van der Waals surface area (Å²) in [5.74, 6) is 0.646. The van der Waals surface area contributed by atoms with E-state index in [1.165, 1.54) is 0 Å². The molecule has 9 nitrogen and oxygen atoms in total. The molecule has 1 fully saturated rings. The highest BCUT2D eigenvalue weighted by molar-refractivity contribution is 5.92. The lowest BCUT2D eigenvalue weighted by Gasteiger charge is -2.31. The number of hydrogen-bond donors (Lipinski definition) is 3. The van der Waals surface area contributed by atoms with Crippen molar-refractivity contribution in [3.63, 3.8) is 0 Å². The van der Waals surface area contributed by atoms with Crippen molar-refractivity contribution < 1.29 is 19.4 Å². The maximum absolute atomic E-state index is 12.6. The van der Waals surface area contributed by atoms with E-state index in [4.69, 9.17) is 9.84 Å². The van der Waals surface area contributed by atoms with Crippen LogP contribution in [0.5, 0.6) is 5.75 Å². The van der Waals surface area contributed by atoms with Gasteiger partial charge in [0.05, 0.1) is 5.69 Å². The van der Waals surface area contributed by atoms with Crippen LogP contribution < -0.4 is 15.4 Å². The Labute approximate surface area is 211 Å². The molecule has 2 heterocycles. The van der Waals surface area contributed by atoms with Crippen molar-refractivity contribution in [2.24, 2.45) is 18.9 Å². The molecule has 2 atom stereocenters. The lowest BCUT2D eigenvalue weighted by molar-refractivity contribution is -0.138. The Morgan fingerprint density at radius 3 is 2.83 bits per heavy atom. The summed E-state index contributed by atoms with van der Waals surface area (Å²) in [6.45, 7) is 5.08. The number of piperidine rings is 1. The number of carbonyl (C=O) groups excluding carboxylic acids is 1. The molecular weight excluding hydrogens is 458 g/mol. The SMILES string of the molecule is CC1C=CC(NC(=O)Nc2ccc(OCCN3CCCC(CC(=O)O)C3)c(-c3ccnn3C)c2)=CC1. The highest BCUT2D eigenvalue weighted by Gasteiger charge is 2.22. The molecule has 0 radical (unpaired) electrons. The molecule has 1 saturated heterocycles. The second-order valence-corrected chi connectivity index (χ2v) is 9.62. The Morgan fingerprint density at radius 2 is 2.11 bits per heavy atom. The van der Waals surface area contributed by atoms with Crippen LogP contribution in [0.15, 0.2) is 54.4 Å². The first-order valence-electron chi connectivity index (χ1n) is 12.5. The number of aryl methyl sites for hydroxylation is 1. The third-order valence-electron chi connectivity index (χ3n) is 6.64. The molecule has 0 saturated carbocycles. The lowest BCUT2D eigenvalue weighted by atomic mass is 9.95. The molecule has 2 aliphatic rings. The van der Waals surface area contributed by atoms with Crippen LogP contribution in [0, 0.1) is 11.8 Å². The van der Waals surface area contributed by atoms with Crippen LogP contribution >= 0.6 is 0 Å². The van der Waals surface area contributed by atoms with Crippen molar-refractivity contribution in [2.45, 2.75) is 32.6 Å². The maximum Gasteiger partial charge on any atom is 0.323 e. The average Bonchev–Trinajstić information content (AvgIpc) is 3.27. The number of aliphatic carboxylic acids is 1. The standard InChI is InChI=1S/C27H35N5O4/c1-19-5-7-21(8-6-19)29-27(35)30-22-9-10-25(23(17-22)24-11-12-28-31(24)2)36-15-14-32-13-3-4-20(18-32)16-26(33)34/h5,7-12,17,19-20H,3-4,6,13-16,18H2,1-2H3,(H,33,34)(H2,29,30,35). The molecule has 4 rings (SSSR count). The first kappa shape index (κ1) is 25.5. The summed E-state index contributed by atoms with van der Waals surface area (Å²) in [5.41, 5.74) is 3.15. The number of carbonyl (C=O) groups is 2. The van der Waals surface area contributed by atoms with Crippen LogP contribution in [0.2, 0.25) is 0 Å². The van der Waals surface area contributed by atoms with E-state index in [2.05, 4.69) is 33.6 Å². The Balaban J connectivity index is 1.40. The van der Waals surface area contributed by atoms with Gasteiger partial charge in [-0.25, -0.2) is 4.79 Å². The number of carboxylic acids is 1. The van der Waals surface area contributed by atoms with Gasteiger partial charge in [0.2, 0.25) is 0 Å². The molecule has 1 aliphatic heterocycles. The van der Waals surface area contributed by atoms with Crippen molar-refractivity contribution in [1.29, 1.82) is 0 Å². The van der Waals surface area contributed by atoms with Gasteiger partial charge in [0.1, 0.15) is 12.4 Å². The highest BCUT2D eigenvalue weighted by Crippen LogP contribution is 2.32. The van der Waals surface area contributed by atoms with Crippen LogP contribution in [0.3, 0.4) is 0 Å². The fourth-order valence-corrected chi connectivity index (χ4v) is 4.74. The predicted molar refractivity (Wildman–Crippen MR) is 139 cm³/mol. The number of benzene rings is 1. The maximum atomic E-state index is 12.6. The first-order valence-corrected chi connectivity index (χ1v) is 12.5. The number of nitrogens with zero attached hydrogens (tertiary/aromatic N) is 3. The third kappa shape index (κ3) is 6.97. The normalized spacial score (nSPS) is 20.0. The monoisotopic (exact) mass is 493 g/mol. The summed E-state index contributed by atoms with van der Waals surface area (Å²) in [5, 5.41) is 19.2. The van der Waals surface area contributed by atoms with E-state index >= 15 is 0 Å². The van der Waals surface area contributed by atoms with E-state index in [0.717, 1.165) is 55.9 Å². The fraction of sp³-hybridized carbons (Fsp3) is 0.444. The average molecular weight is 494 g/mol. The Hall–Kier alpha value is -3.59. The zero-order valence-corrected chi connectivity index (χ0v) is 20.9. The van der Waals surface area contributed by atoms with Gasteiger partial charge >= 0.3 is 12.0 Å². The van der Waals surface area contributed by atoms with Gasteiger partial charge in [-0.05, 0) is 68.0 Å². The zero-order chi connectivity index (χ0) is 25.5. The summed E-state index contributed by atoms with van der Waals surface area (Å²) in [6, 6.07) is 7.19. The summed E-state index contributed by atoms with van der Waals surface area (Å²) < 4.78 is 7.95. The van der Waals surface area contributed by atoms with E-state index in [9.17, 15) is 9.59 Å². The van der Waals surface area contributed by atoms with Gasteiger partial charge in [-0.15, -0.1) is 0 Å². The number of aromatic nitrogens is 2. The zero-order valence-electron chi connectivity index (χ0n) is 20.9.